The van der Waals surface area contributed by atoms with Crippen LogP contribution in [0.4, 0.5) is 31.2 Å². The lowest BCUT2D eigenvalue weighted by molar-refractivity contribution is 0.0700. The van der Waals surface area contributed by atoms with E-state index in [0.717, 1.165) is 16.9 Å². The van der Waals surface area contributed by atoms with Crippen molar-refractivity contribution < 1.29 is 18.7 Å². The number of methoxy groups -OCH3 is 1. The molecule has 1 saturated heterocycles. The van der Waals surface area contributed by atoms with E-state index in [9.17, 15) is 14.0 Å². The first kappa shape index (κ1) is 22.9. The second kappa shape index (κ2) is 8.40. The highest BCUT2D eigenvalue weighted by Crippen LogP contribution is 2.36. The first-order chi connectivity index (χ1) is 16.7. The second-order valence-electron chi connectivity index (χ2n) is 9.50. The molecule has 5 heterocycles. The van der Waals surface area contributed by atoms with Crippen molar-refractivity contribution in [2.24, 2.45) is 0 Å². The zero-order valence-corrected chi connectivity index (χ0v) is 20.2. The molecule has 10 nitrogen and oxygen atoms in total. The van der Waals surface area contributed by atoms with E-state index in [1.54, 1.807) is 21.7 Å². The van der Waals surface area contributed by atoms with Crippen molar-refractivity contribution in [1.29, 1.82) is 0 Å². The fourth-order valence-electron chi connectivity index (χ4n) is 4.99. The Morgan fingerprint density at radius 2 is 2.00 bits per heavy atom. The number of amides is 3. The van der Waals surface area contributed by atoms with E-state index in [-0.39, 0.29) is 11.8 Å². The molecule has 3 aromatic heterocycles. The number of nitrogens with one attached hydrogen (secondary N) is 1. The van der Waals surface area contributed by atoms with Crippen LogP contribution in [-0.2, 0) is 11.2 Å². The molecule has 1 N–H and O–H groups in total. The molecule has 0 saturated carbocycles. The van der Waals surface area contributed by atoms with Crippen molar-refractivity contribution in [2.45, 2.75) is 32.7 Å². The van der Waals surface area contributed by atoms with Crippen molar-refractivity contribution in [1.82, 2.24) is 19.3 Å². The molecular weight excluding hydrogens is 453 g/mol. The summed E-state index contributed by atoms with van der Waals surface area (Å²) < 4.78 is 21.2. The van der Waals surface area contributed by atoms with Gasteiger partial charge in [-0.25, -0.2) is 23.9 Å². The van der Waals surface area contributed by atoms with Gasteiger partial charge in [0, 0.05) is 62.1 Å². The number of nitrogens with zero attached hydrogens (tertiary/aromatic N) is 6. The number of aromatic nitrogens is 3. The first-order valence-corrected chi connectivity index (χ1v) is 11.5. The summed E-state index contributed by atoms with van der Waals surface area (Å²) in [5, 5.41) is 2.68. The summed E-state index contributed by atoms with van der Waals surface area (Å²) in [5.41, 5.74) is 2.83. The number of carbonyl (C=O) groups is 2. The number of piperazine rings is 1. The number of halogens is 1. The van der Waals surface area contributed by atoms with Gasteiger partial charge in [-0.2, -0.15) is 0 Å². The molecule has 1 fully saturated rings. The van der Waals surface area contributed by atoms with Gasteiger partial charge in [0.05, 0.1) is 24.0 Å². The van der Waals surface area contributed by atoms with Crippen LogP contribution in [0.15, 0.2) is 30.7 Å². The number of rotatable bonds is 2. The third-order valence-electron chi connectivity index (χ3n) is 6.64. The van der Waals surface area contributed by atoms with E-state index >= 15 is 0 Å². The summed E-state index contributed by atoms with van der Waals surface area (Å²) in [4.78, 5) is 39.5. The summed E-state index contributed by atoms with van der Waals surface area (Å²) in [6.45, 7) is 8.04. The number of urea groups is 1. The quantitative estimate of drug-likeness (QED) is 0.603. The third kappa shape index (κ3) is 4.00. The van der Waals surface area contributed by atoms with Gasteiger partial charge in [0.2, 0.25) is 0 Å². The van der Waals surface area contributed by atoms with Gasteiger partial charge in [-0.15, -0.1) is 0 Å². The fourth-order valence-corrected chi connectivity index (χ4v) is 4.99. The molecule has 0 bridgehead atoms. The Morgan fingerprint density at radius 3 is 2.74 bits per heavy atom. The Balaban J connectivity index is 1.37. The molecule has 35 heavy (non-hydrogen) atoms. The van der Waals surface area contributed by atoms with Crippen LogP contribution in [0.3, 0.4) is 0 Å². The SMILES string of the molecule is COC(=O)N1CCN(c2ccnc3c2CCN3C(=O)Nc2cn3cc(C)nc3cc2F)CC1(C)C. The largest absolute Gasteiger partial charge is 0.453 e. The van der Waals surface area contributed by atoms with Crippen molar-refractivity contribution in [3.63, 3.8) is 0 Å². The second-order valence-corrected chi connectivity index (χ2v) is 9.50. The number of hydrogen-bond acceptors (Lipinski definition) is 6. The fraction of sp³-hybridized carbons (Fsp3) is 0.417. The molecule has 5 rings (SSSR count). The van der Waals surface area contributed by atoms with Crippen LogP contribution in [0.1, 0.15) is 25.1 Å². The van der Waals surface area contributed by atoms with Crippen molar-refractivity contribution in [3.05, 3.63) is 47.8 Å². The van der Waals surface area contributed by atoms with Crippen LogP contribution in [0.2, 0.25) is 0 Å². The van der Waals surface area contributed by atoms with Gasteiger partial charge in [-0.3, -0.25) is 9.80 Å². The monoisotopic (exact) mass is 481 g/mol. The normalized spacial score (nSPS) is 17.0. The Kier molecular flexibility index (Phi) is 5.49. The van der Waals surface area contributed by atoms with E-state index in [2.05, 4.69) is 20.2 Å². The molecule has 184 valence electrons. The minimum Gasteiger partial charge on any atom is -0.453 e. The molecule has 0 aromatic carbocycles. The maximum atomic E-state index is 14.6. The molecule has 0 atom stereocenters. The average Bonchev–Trinajstić information content (AvgIpc) is 3.40. The maximum Gasteiger partial charge on any atom is 0.410 e. The van der Waals surface area contributed by atoms with Crippen LogP contribution in [0.5, 0.6) is 0 Å². The number of aryl methyl sites for hydroxylation is 1. The smallest absolute Gasteiger partial charge is 0.410 e. The van der Waals surface area contributed by atoms with E-state index in [0.29, 0.717) is 44.1 Å². The van der Waals surface area contributed by atoms with Gasteiger partial charge >= 0.3 is 12.1 Å². The van der Waals surface area contributed by atoms with Gasteiger partial charge < -0.3 is 19.4 Å². The molecule has 3 amide bonds. The standard InChI is InChI=1S/C24H28FN7O3/c1-15-12-30-13-18(17(25)11-20(30)27-15)28-22(33)31-8-6-16-19(5-7-26-21(16)31)29-9-10-32(23(34)35-4)24(2,3)14-29/h5,7,11-13H,6,8-10,14H2,1-4H3,(H,28,33). The zero-order valence-electron chi connectivity index (χ0n) is 20.2. The molecular formula is C24H28FN7O3. The first-order valence-electron chi connectivity index (χ1n) is 11.5. The zero-order chi connectivity index (χ0) is 24.9. The van der Waals surface area contributed by atoms with E-state index in [1.165, 1.54) is 24.3 Å². The minimum absolute atomic E-state index is 0.0742. The highest BCUT2D eigenvalue weighted by atomic mass is 19.1. The average molecular weight is 482 g/mol. The number of anilines is 3. The Hall–Kier alpha value is -3.89. The number of carbonyl (C=O) groups excluding carboxylic acids is 2. The molecule has 0 aliphatic carbocycles. The summed E-state index contributed by atoms with van der Waals surface area (Å²) in [7, 11) is 1.39. The summed E-state index contributed by atoms with van der Waals surface area (Å²) in [5.74, 6) is 0.0106. The topological polar surface area (TPSA) is 95.3 Å². The van der Waals surface area contributed by atoms with Crippen LogP contribution >= 0.6 is 0 Å². The summed E-state index contributed by atoms with van der Waals surface area (Å²) >= 11 is 0. The van der Waals surface area contributed by atoms with E-state index in [4.69, 9.17) is 4.74 Å². The van der Waals surface area contributed by atoms with Crippen LogP contribution in [-0.4, -0.2) is 70.2 Å². The van der Waals surface area contributed by atoms with Gasteiger partial charge in [0.1, 0.15) is 11.5 Å². The number of pyridine rings is 2. The molecule has 2 aliphatic heterocycles. The molecule has 11 heteroatoms. The van der Waals surface area contributed by atoms with Gasteiger partial charge in [-0.05, 0) is 33.3 Å². The lowest BCUT2D eigenvalue weighted by Crippen LogP contribution is -2.61. The number of hydrogen-bond donors (Lipinski definition) is 1. The minimum atomic E-state index is -0.553. The number of ether oxygens (including phenoxy) is 1. The van der Waals surface area contributed by atoms with Crippen molar-refractivity contribution in [3.8, 4) is 0 Å². The van der Waals surface area contributed by atoms with Crippen molar-refractivity contribution >= 4 is 35.0 Å². The molecule has 0 radical (unpaired) electrons. The van der Waals surface area contributed by atoms with Crippen LogP contribution in [0, 0.1) is 12.7 Å². The molecule has 0 spiro atoms. The lowest BCUT2D eigenvalue weighted by Gasteiger charge is -2.47. The maximum absolute atomic E-state index is 14.6. The Morgan fingerprint density at radius 1 is 1.20 bits per heavy atom. The van der Waals surface area contributed by atoms with E-state index in [1.807, 2.05) is 26.8 Å². The van der Waals surface area contributed by atoms with Gasteiger partial charge in [-0.1, -0.05) is 0 Å². The van der Waals surface area contributed by atoms with Crippen molar-refractivity contribution in [2.75, 3.05) is 48.4 Å². The van der Waals surface area contributed by atoms with Gasteiger partial charge in [0.25, 0.3) is 0 Å². The third-order valence-corrected chi connectivity index (χ3v) is 6.64. The molecule has 2 aliphatic rings. The van der Waals surface area contributed by atoms with Gasteiger partial charge in [0.15, 0.2) is 5.82 Å². The highest BCUT2D eigenvalue weighted by Gasteiger charge is 2.39. The van der Waals surface area contributed by atoms with E-state index < -0.39 is 17.4 Å². The molecule has 3 aromatic rings. The Labute approximate surface area is 202 Å². The summed E-state index contributed by atoms with van der Waals surface area (Å²) in [6, 6.07) is 2.80. The summed E-state index contributed by atoms with van der Waals surface area (Å²) in [6.07, 6.45) is 5.26. The van der Waals surface area contributed by atoms with Crippen LogP contribution in [0.25, 0.3) is 5.65 Å². The predicted octanol–water partition coefficient (Wildman–Crippen LogP) is 3.44. The molecule has 0 unspecified atom stereocenters. The number of imidazole rings is 1. The highest BCUT2D eigenvalue weighted by molar-refractivity contribution is 6.03. The van der Waals surface area contributed by atoms with Crippen LogP contribution < -0.4 is 15.1 Å². The predicted molar refractivity (Wildman–Crippen MR) is 130 cm³/mol. The Bertz CT molecular complexity index is 1320. The number of fused-ring (bicyclic) bond motifs is 2. The lowest BCUT2D eigenvalue weighted by atomic mass is 9.98.